The molecule has 1 aromatic carbocycles. The van der Waals surface area contributed by atoms with E-state index in [-0.39, 0.29) is 17.0 Å². The summed E-state index contributed by atoms with van der Waals surface area (Å²) in [5.74, 6) is 0. The van der Waals surface area contributed by atoms with Crippen LogP contribution in [0.25, 0.3) is 0 Å². The maximum Gasteiger partial charge on any atom is 0.270 e. The Bertz CT molecular complexity index is 713. The van der Waals surface area contributed by atoms with Crippen LogP contribution in [0, 0.1) is 10.1 Å². The van der Waals surface area contributed by atoms with Crippen molar-refractivity contribution in [2.45, 2.75) is 37.0 Å². The number of benzene rings is 1. The molecule has 2 aliphatic rings. The number of nitro groups is 1. The van der Waals surface area contributed by atoms with Crippen LogP contribution >= 0.6 is 15.9 Å². The van der Waals surface area contributed by atoms with Crippen molar-refractivity contribution in [3.05, 3.63) is 32.8 Å². The fourth-order valence-corrected chi connectivity index (χ4v) is 5.14. The van der Waals surface area contributed by atoms with Crippen LogP contribution in [0.1, 0.15) is 25.7 Å². The Morgan fingerprint density at radius 2 is 1.87 bits per heavy atom. The van der Waals surface area contributed by atoms with Crippen molar-refractivity contribution in [1.29, 1.82) is 0 Å². The molecule has 0 unspecified atom stereocenters. The summed E-state index contributed by atoms with van der Waals surface area (Å²) >= 11 is 3.34. The fraction of sp³-hybridized carbons (Fsp3) is 0.571. The van der Waals surface area contributed by atoms with Gasteiger partial charge in [0.25, 0.3) is 5.69 Å². The van der Waals surface area contributed by atoms with Crippen molar-refractivity contribution in [3.8, 4) is 0 Å². The Morgan fingerprint density at radius 3 is 2.39 bits per heavy atom. The first kappa shape index (κ1) is 16.7. The molecule has 1 saturated heterocycles. The SMILES string of the molecule is O=[N+]([O-])c1ccc(NC2CCN(S(=O)(=O)C3CC3)CC2)c(Br)c1. The predicted molar refractivity (Wildman–Crippen MR) is 91.0 cm³/mol. The first-order valence-corrected chi connectivity index (χ1v) is 9.87. The quantitative estimate of drug-likeness (QED) is 0.602. The summed E-state index contributed by atoms with van der Waals surface area (Å²) < 4.78 is 26.6. The molecule has 0 amide bonds. The van der Waals surface area contributed by atoms with E-state index in [1.54, 1.807) is 10.4 Å². The number of hydrogen-bond acceptors (Lipinski definition) is 5. The lowest BCUT2D eigenvalue weighted by Crippen LogP contribution is -2.43. The first-order chi connectivity index (χ1) is 10.9. The van der Waals surface area contributed by atoms with Gasteiger partial charge in [-0.1, -0.05) is 0 Å². The number of halogens is 1. The third kappa shape index (κ3) is 3.67. The first-order valence-electron chi connectivity index (χ1n) is 7.57. The van der Waals surface area contributed by atoms with Crippen LogP contribution in [-0.2, 0) is 10.0 Å². The Labute approximate surface area is 143 Å². The number of non-ortho nitro benzene ring substituents is 1. The minimum atomic E-state index is -3.09. The molecule has 0 spiro atoms. The molecule has 126 valence electrons. The van der Waals surface area contributed by atoms with Crippen molar-refractivity contribution in [1.82, 2.24) is 4.31 Å². The highest BCUT2D eigenvalue weighted by Gasteiger charge is 2.41. The third-order valence-electron chi connectivity index (χ3n) is 4.28. The zero-order valence-electron chi connectivity index (χ0n) is 12.4. The highest BCUT2D eigenvalue weighted by molar-refractivity contribution is 9.10. The number of anilines is 1. The van der Waals surface area contributed by atoms with Crippen LogP contribution in [0.2, 0.25) is 0 Å². The molecule has 3 rings (SSSR count). The van der Waals surface area contributed by atoms with E-state index >= 15 is 0 Å². The Morgan fingerprint density at radius 1 is 1.22 bits per heavy atom. The van der Waals surface area contributed by atoms with E-state index in [9.17, 15) is 18.5 Å². The number of hydrogen-bond donors (Lipinski definition) is 1. The largest absolute Gasteiger partial charge is 0.381 e. The second kappa shape index (κ2) is 6.37. The molecule has 0 radical (unpaired) electrons. The Hall–Kier alpha value is -1.19. The van der Waals surface area contributed by atoms with Gasteiger partial charge in [-0.2, -0.15) is 0 Å². The monoisotopic (exact) mass is 403 g/mol. The van der Waals surface area contributed by atoms with Crippen molar-refractivity contribution in [2.75, 3.05) is 18.4 Å². The van der Waals surface area contributed by atoms with Crippen LogP contribution in [0.3, 0.4) is 0 Å². The molecule has 1 N–H and O–H groups in total. The van der Waals surface area contributed by atoms with Gasteiger partial charge in [-0.15, -0.1) is 0 Å². The van der Waals surface area contributed by atoms with E-state index in [1.165, 1.54) is 12.1 Å². The zero-order valence-corrected chi connectivity index (χ0v) is 14.8. The number of piperidine rings is 1. The van der Waals surface area contributed by atoms with E-state index in [1.807, 2.05) is 0 Å². The molecule has 1 aliphatic heterocycles. The standard InChI is InChI=1S/C14H18BrN3O4S/c15-13-9-11(18(19)20)1-4-14(13)16-10-5-7-17(8-6-10)23(21,22)12-2-3-12/h1,4,9-10,12,16H,2-3,5-8H2. The van der Waals surface area contributed by atoms with Crippen LogP contribution in [-0.4, -0.2) is 42.0 Å². The second-order valence-corrected chi connectivity index (χ2v) is 9.05. The number of nitrogens with zero attached hydrogens (tertiary/aromatic N) is 2. The maximum atomic E-state index is 12.2. The molecule has 0 atom stereocenters. The van der Waals surface area contributed by atoms with Crippen LogP contribution in [0.15, 0.2) is 22.7 Å². The van der Waals surface area contributed by atoms with Gasteiger partial charge in [0.1, 0.15) is 0 Å². The average molecular weight is 404 g/mol. The van der Waals surface area contributed by atoms with Crippen molar-refractivity contribution < 1.29 is 13.3 Å². The van der Waals surface area contributed by atoms with E-state index in [2.05, 4.69) is 21.2 Å². The molecule has 23 heavy (non-hydrogen) atoms. The summed E-state index contributed by atoms with van der Waals surface area (Å²) in [7, 11) is -3.09. The van der Waals surface area contributed by atoms with Gasteiger partial charge in [0.15, 0.2) is 0 Å². The van der Waals surface area contributed by atoms with Crippen molar-refractivity contribution in [2.24, 2.45) is 0 Å². The summed E-state index contributed by atoms with van der Waals surface area (Å²) in [4.78, 5) is 10.3. The Kier molecular flexibility index (Phi) is 4.61. The van der Waals surface area contributed by atoms with Gasteiger partial charge in [-0.3, -0.25) is 10.1 Å². The summed E-state index contributed by atoms with van der Waals surface area (Å²) in [6.45, 7) is 1.06. The van der Waals surface area contributed by atoms with Gasteiger partial charge in [0.2, 0.25) is 10.0 Å². The van der Waals surface area contributed by atoms with Gasteiger partial charge < -0.3 is 5.32 Å². The molecule has 1 heterocycles. The van der Waals surface area contributed by atoms with E-state index < -0.39 is 14.9 Å². The molecule has 1 aliphatic carbocycles. The van der Waals surface area contributed by atoms with E-state index in [0.29, 0.717) is 17.6 Å². The minimum Gasteiger partial charge on any atom is -0.381 e. The number of rotatable bonds is 5. The van der Waals surface area contributed by atoms with Crippen molar-refractivity contribution in [3.63, 3.8) is 0 Å². The van der Waals surface area contributed by atoms with Crippen LogP contribution < -0.4 is 5.32 Å². The molecule has 0 aromatic heterocycles. The number of sulfonamides is 1. The number of nitrogens with one attached hydrogen (secondary N) is 1. The summed E-state index contributed by atoms with van der Waals surface area (Å²) in [6, 6.07) is 4.77. The van der Waals surface area contributed by atoms with Crippen LogP contribution in [0.4, 0.5) is 11.4 Å². The topological polar surface area (TPSA) is 92.6 Å². The van der Waals surface area contributed by atoms with Gasteiger partial charge in [-0.05, 0) is 47.7 Å². The van der Waals surface area contributed by atoms with E-state index in [0.717, 1.165) is 31.4 Å². The highest BCUT2D eigenvalue weighted by Crippen LogP contribution is 2.33. The lowest BCUT2D eigenvalue weighted by atomic mass is 10.1. The van der Waals surface area contributed by atoms with Gasteiger partial charge in [0.05, 0.1) is 10.2 Å². The molecule has 7 nitrogen and oxygen atoms in total. The van der Waals surface area contributed by atoms with Crippen molar-refractivity contribution >= 4 is 37.3 Å². The summed E-state index contributed by atoms with van der Waals surface area (Å²) in [5.41, 5.74) is 0.826. The summed E-state index contributed by atoms with van der Waals surface area (Å²) in [5, 5.41) is 13.9. The second-order valence-electron chi connectivity index (χ2n) is 5.98. The molecule has 0 bridgehead atoms. The lowest BCUT2D eigenvalue weighted by Gasteiger charge is -2.32. The highest BCUT2D eigenvalue weighted by atomic mass is 79.9. The third-order valence-corrected chi connectivity index (χ3v) is 7.34. The fourth-order valence-electron chi connectivity index (χ4n) is 2.79. The van der Waals surface area contributed by atoms with Gasteiger partial charge in [-0.25, -0.2) is 12.7 Å². The normalized spacial score (nSPS) is 20.4. The molecule has 1 saturated carbocycles. The maximum absolute atomic E-state index is 12.2. The minimum absolute atomic E-state index is 0.0350. The molecular formula is C14H18BrN3O4S. The smallest absolute Gasteiger partial charge is 0.270 e. The van der Waals surface area contributed by atoms with Gasteiger partial charge >= 0.3 is 0 Å². The molecule has 9 heteroatoms. The molecule has 1 aromatic rings. The van der Waals surface area contributed by atoms with Gasteiger partial charge in [0, 0.05) is 41.4 Å². The number of nitro benzene ring substituents is 1. The zero-order chi connectivity index (χ0) is 16.6. The predicted octanol–water partition coefficient (Wildman–Crippen LogP) is 2.73. The van der Waals surface area contributed by atoms with Crippen LogP contribution in [0.5, 0.6) is 0 Å². The lowest BCUT2D eigenvalue weighted by molar-refractivity contribution is -0.384. The average Bonchev–Trinajstić information content (AvgIpc) is 3.35. The summed E-state index contributed by atoms with van der Waals surface area (Å²) in [6.07, 6.45) is 3.04. The molecule has 2 fully saturated rings. The Balaban J connectivity index is 1.59. The molecular weight excluding hydrogens is 386 g/mol. The van der Waals surface area contributed by atoms with E-state index in [4.69, 9.17) is 0 Å².